The van der Waals surface area contributed by atoms with Gasteiger partial charge in [-0.25, -0.2) is 8.78 Å². The van der Waals surface area contributed by atoms with Crippen LogP contribution in [0.15, 0.2) is 22.8 Å². The van der Waals surface area contributed by atoms with Crippen LogP contribution in [0.25, 0.3) is 0 Å². The van der Waals surface area contributed by atoms with Gasteiger partial charge in [0, 0.05) is 6.54 Å². The molecule has 0 spiro atoms. The van der Waals surface area contributed by atoms with Crippen molar-refractivity contribution in [3.8, 4) is 0 Å². The fourth-order valence-electron chi connectivity index (χ4n) is 1.41. The fraction of sp³-hybridized carbons (Fsp3) is 0.455. The van der Waals surface area contributed by atoms with E-state index in [2.05, 4.69) is 0 Å². The van der Waals surface area contributed by atoms with Crippen molar-refractivity contribution in [2.24, 2.45) is 0 Å². The third kappa shape index (κ3) is 5.58. The molecular formula is C11H14F2N2O4. The van der Waals surface area contributed by atoms with Gasteiger partial charge in [0.05, 0.1) is 26.0 Å². The number of amides is 2. The normalized spacial score (nSPS) is 11.0. The molecule has 1 aromatic rings. The standard InChI is InChI=1S/C11H14F2N2O4/c12-9(13)6-15(3-4-16)7-10(17)14-11(18)8-2-1-5-19-8/h1-2,5,9,16H,3-4,6-7H2,(H,14,17,18). The molecule has 19 heavy (non-hydrogen) atoms. The molecule has 1 aromatic heterocycles. The molecule has 0 saturated heterocycles. The van der Waals surface area contributed by atoms with Gasteiger partial charge in [0.25, 0.3) is 12.3 Å². The number of aliphatic hydroxyl groups excluding tert-OH is 1. The van der Waals surface area contributed by atoms with Gasteiger partial charge in [0.2, 0.25) is 5.91 Å². The average molecular weight is 276 g/mol. The molecule has 0 aliphatic rings. The molecule has 1 rings (SSSR count). The van der Waals surface area contributed by atoms with E-state index in [0.717, 1.165) is 4.90 Å². The van der Waals surface area contributed by atoms with E-state index in [-0.39, 0.29) is 18.9 Å². The predicted molar refractivity (Wildman–Crippen MR) is 60.7 cm³/mol. The van der Waals surface area contributed by atoms with Crippen LogP contribution in [-0.2, 0) is 4.79 Å². The smallest absolute Gasteiger partial charge is 0.293 e. The van der Waals surface area contributed by atoms with Crippen LogP contribution >= 0.6 is 0 Å². The Morgan fingerprint density at radius 1 is 1.47 bits per heavy atom. The summed E-state index contributed by atoms with van der Waals surface area (Å²) in [5, 5.41) is 10.7. The van der Waals surface area contributed by atoms with Crippen LogP contribution in [0.3, 0.4) is 0 Å². The summed E-state index contributed by atoms with van der Waals surface area (Å²) >= 11 is 0. The Labute approximate surface area is 108 Å². The van der Waals surface area contributed by atoms with Gasteiger partial charge in [-0.3, -0.25) is 19.8 Å². The summed E-state index contributed by atoms with van der Waals surface area (Å²) in [6, 6.07) is 2.85. The first-order chi connectivity index (χ1) is 9.02. The summed E-state index contributed by atoms with van der Waals surface area (Å²) in [6.07, 6.45) is -1.35. The lowest BCUT2D eigenvalue weighted by molar-refractivity contribution is -0.121. The number of carbonyl (C=O) groups excluding carboxylic acids is 2. The van der Waals surface area contributed by atoms with Crippen LogP contribution in [0.1, 0.15) is 10.6 Å². The molecule has 8 heteroatoms. The summed E-state index contributed by atoms with van der Waals surface area (Å²) in [4.78, 5) is 24.0. The van der Waals surface area contributed by atoms with Crippen molar-refractivity contribution in [3.63, 3.8) is 0 Å². The molecule has 0 unspecified atom stereocenters. The first-order valence-corrected chi connectivity index (χ1v) is 5.52. The summed E-state index contributed by atoms with van der Waals surface area (Å²) in [5.41, 5.74) is 0. The maximum atomic E-state index is 12.2. The molecule has 1 heterocycles. The van der Waals surface area contributed by atoms with Crippen LogP contribution in [0, 0.1) is 0 Å². The zero-order valence-corrected chi connectivity index (χ0v) is 10.0. The van der Waals surface area contributed by atoms with E-state index in [1.807, 2.05) is 5.32 Å². The van der Waals surface area contributed by atoms with Crippen molar-refractivity contribution in [2.45, 2.75) is 6.43 Å². The van der Waals surface area contributed by atoms with Crippen molar-refractivity contribution in [3.05, 3.63) is 24.2 Å². The van der Waals surface area contributed by atoms with Crippen molar-refractivity contribution in [2.75, 3.05) is 26.2 Å². The van der Waals surface area contributed by atoms with Crippen molar-refractivity contribution < 1.29 is 27.9 Å². The van der Waals surface area contributed by atoms with Crippen LogP contribution in [0.2, 0.25) is 0 Å². The van der Waals surface area contributed by atoms with Gasteiger partial charge in [0.1, 0.15) is 0 Å². The monoisotopic (exact) mass is 276 g/mol. The molecule has 0 atom stereocenters. The molecular weight excluding hydrogens is 262 g/mol. The second kappa shape index (κ2) is 7.59. The minimum Gasteiger partial charge on any atom is -0.459 e. The van der Waals surface area contributed by atoms with E-state index in [1.54, 1.807) is 0 Å². The van der Waals surface area contributed by atoms with E-state index < -0.39 is 31.3 Å². The summed E-state index contributed by atoms with van der Waals surface area (Å²) < 4.78 is 29.2. The summed E-state index contributed by atoms with van der Waals surface area (Å²) in [5.74, 6) is -1.53. The summed E-state index contributed by atoms with van der Waals surface area (Å²) in [7, 11) is 0. The van der Waals surface area contributed by atoms with Crippen molar-refractivity contribution in [1.82, 2.24) is 10.2 Å². The molecule has 0 fully saturated rings. The lowest BCUT2D eigenvalue weighted by Gasteiger charge is -2.19. The minimum atomic E-state index is -2.62. The Balaban J connectivity index is 2.46. The number of halogens is 2. The second-order valence-electron chi connectivity index (χ2n) is 3.70. The first-order valence-electron chi connectivity index (χ1n) is 5.52. The Morgan fingerprint density at radius 2 is 2.21 bits per heavy atom. The zero-order chi connectivity index (χ0) is 14.3. The quantitative estimate of drug-likeness (QED) is 0.738. The van der Waals surface area contributed by atoms with E-state index in [4.69, 9.17) is 9.52 Å². The SMILES string of the molecule is O=C(CN(CCO)CC(F)F)NC(=O)c1ccco1. The number of imide groups is 1. The minimum absolute atomic E-state index is 0.0454. The van der Waals surface area contributed by atoms with Gasteiger partial charge in [-0.15, -0.1) is 0 Å². The number of hydrogen-bond donors (Lipinski definition) is 2. The van der Waals surface area contributed by atoms with Crippen LogP contribution in [0.4, 0.5) is 8.78 Å². The highest BCUT2D eigenvalue weighted by atomic mass is 19.3. The third-order valence-corrected chi connectivity index (χ3v) is 2.18. The highest BCUT2D eigenvalue weighted by molar-refractivity contribution is 6.03. The highest BCUT2D eigenvalue weighted by Crippen LogP contribution is 2.00. The topological polar surface area (TPSA) is 82.8 Å². The third-order valence-electron chi connectivity index (χ3n) is 2.18. The molecule has 0 bridgehead atoms. The van der Waals surface area contributed by atoms with Crippen molar-refractivity contribution in [1.29, 1.82) is 0 Å². The number of nitrogens with zero attached hydrogens (tertiary/aromatic N) is 1. The fourth-order valence-corrected chi connectivity index (χ4v) is 1.41. The van der Waals surface area contributed by atoms with Crippen molar-refractivity contribution >= 4 is 11.8 Å². The van der Waals surface area contributed by atoms with Crippen LogP contribution < -0.4 is 5.32 Å². The van der Waals surface area contributed by atoms with Gasteiger partial charge < -0.3 is 9.52 Å². The highest BCUT2D eigenvalue weighted by Gasteiger charge is 2.18. The van der Waals surface area contributed by atoms with Crippen LogP contribution in [-0.4, -0.2) is 54.5 Å². The van der Waals surface area contributed by atoms with E-state index in [9.17, 15) is 18.4 Å². The molecule has 2 N–H and O–H groups in total. The van der Waals surface area contributed by atoms with Gasteiger partial charge >= 0.3 is 0 Å². The van der Waals surface area contributed by atoms with Gasteiger partial charge in [-0.05, 0) is 12.1 Å². The Morgan fingerprint density at radius 3 is 2.74 bits per heavy atom. The van der Waals surface area contributed by atoms with Gasteiger partial charge in [-0.2, -0.15) is 0 Å². The maximum Gasteiger partial charge on any atom is 0.293 e. The molecule has 0 saturated carbocycles. The van der Waals surface area contributed by atoms with Gasteiger partial charge in [0.15, 0.2) is 5.76 Å². The molecule has 6 nitrogen and oxygen atoms in total. The average Bonchev–Trinajstić information content (AvgIpc) is 2.81. The number of carbonyl (C=O) groups is 2. The molecule has 106 valence electrons. The van der Waals surface area contributed by atoms with E-state index in [0.29, 0.717) is 0 Å². The number of hydrogen-bond acceptors (Lipinski definition) is 5. The number of aliphatic hydroxyl groups is 1. The molecule has 2 amide bonds. The lowest BCUT2D eigenvalue weighted by atomic mass is 10.4. The number of furan rings is 1. The summed E-state index contributed by atoms with van der Waals surface area (Å²) in [6.45, 7) is -1.49. The van der Waals surface area contributed by atoms with Crippen LogP contribution in [0.5, 0.6) is 0 Å². The number of rotatable bonds is 7. The molecule has 0 aromatic carbocycles. The Kier molecular flexibility index (Phi) is 6.10. The molecule has 0 aliphatic heterocycles. The second-order valence-corrected chi connectivity index (χ2v) is 3.70. The Bertz CT molecular complexity index is 409. The lowest BCUT2D eigenvalue weighted by Crippen LogP contribution is -2.42. The largest absolute Gasteiger partial charge is 0.459 e. The Hall–Kier alpha value is -1.80. The molecule has 0 radical (unpaired) electrons. The first kappa shape index (κ1) is 15.3. The molecule has 0 aliphatic carbocycles. The maximum absolute atomic E-state index is 12.2. The zero-order valence-electron chi connectivity index (χ0n) is 10.0. The van der Waals surface area contributed by atoms with E-state index in [1.165, 1.54) is 18.4 Å². The van der Waals surface area contributed by atoms with E-state index >= 15 is 0 Å². The predicted octanol–water partition coefficient (Wildman–Crippen LogP) is 0.0954. The number of nitrogens with one attached hydrogen (secondary N) is 1. The van der Waals surface area contributed by atoms with Gasteiger partial charge in [-0.1, -0.05) is 0 Å². The number of alkyl halides is 2.